The van der Waals surface area contributed by atoms with Crippen molar-refractivity contribution in [3.05, 3.63) is 62.8 Å². The molecule has 2 rings (SSSR count). The monoisotopic (exact) mass is 262 g/mol. The number of aryl methyl sites for hydroxylation is 1. The van der Waals surface area contributed by atoms with E-state index in [9.17, 15) is 9.18 Å². The zero-order chi connectivity index (χ0) is 13.3. The largest absolute Gasteiger partial charge is 0.280 e. The predicted molar refractivity (Wildman–Crippen MR) is 66.5 cm³/mol. The molecule has 0 aliphatic rings. The third-order valence-corrected chi connectivity index (χ3v) is 2.84. The highest BCUT2D eigenvalue weighted by atomic mass is 35.5. The van der Waals surface area contributed by atoms with E-state index >= 15 is 0 Å². The second-order valence-corrected chi connectivity index (χ2v) is 4.14. The third kappa shape index (κ3) is 2.01. The molecule has 0 bridgehead atoms. The van der Waals surface area contributed by atoms with Gasteiger partial charge in [-0.25, -0.2) is 4.39 Å². The molecule has 0 aliphatic heterocycles. The van der Waals surface area contributed by atoms with Crippen molar-refractivity contribution in [3.63, 3.8) is 0 Å². The second-order valence-electron chi connectivity index (χ2n) is 3.74. The minimum absolute atomic E-state index is 0.119. The Morgan fingerprint density at radius 1 is 1.33 bits per heavy atom. The molecule has 3 nitrogen and oxygen atoms in total. The van der Waals surface area contributed by atoms with Gasteiger partial charge in [0.05, 0.1) is 5.02 Å². The Balaban J connectivity index is 2.77. The van der Waals surface area contributed by atoms with Crippen LogP contribution >= 0.6 is 11.6 Å². The highest BCUT2D eigenvalue weighted by molar-refractivity contribution is 6.31. The number of rotatable bonds is 1. The van der Waals surface area contributed by atoms with Crippen molar-refractivity contribution in [2.24, 2.45) is 0 Å². The normalized spacial score (nSPS) is 10.1. The van der Waals surface area contributed by atoms with E-state index in [4.69, 9.17) is 16.9 Å². The summed E-state index contributed by atoms with van der Waals surface area (Å²) in [6.45, 7) is 1.69. The molecule has 18 heavy (non-hydrogen) atoms. The summed E-state index contributed by atoms with van der Waals surface area (Å²) >= 11 is 5.82. The molecule has 1 aromatic carbocycles. The van der Waals surface area contributed by atoms with Crippen molar-refractivity contribution < 1.29 is 4.39 Å². The number of halogens is 2. The van der Waals surface area contributed by atoms with Crippen molar-refractivity contribution in [1.29, 1.82) is 5.26 Å². The molecular weight excluding hydrogens is 255 g/mol. The maximum Gasteiger partial charge on any atom is 0.274 e. The molecule has 0 amide bonds. The Bertz CT molecular complexity index is 699. The summed E-state index contributed by atoms with van der Waals surface area (Å²) in [7, 11) is 0. The van der Waals surface area contributed by atoms with Gasteiger partial charge in [0, 0.05) is 11.4 Å². The number of hydrogen-bond donors (Lipinski definition) is 0. The lowest BCUT2D eigenvalue weighted by atomic mass is 10.2. The van der Waals surface area contributed by atoms with E-state index in [1.165, 1.54) is 34.9 Å². The maximum atomic E-state index is 12.9. The lowest BCUT2D eigenvalue weighted by Gasteiger charge is -2.11. The van der Waals surface area contributed by atoms with Gasteiger partial charge in [-0.1, -0.05) is 11.6 Å². The molecule has 1 heterocycles. The summed E-state index contributed by atoms with van der Waals surface area (Å²) < 4.78 is 14.2. The molecule has 2 aromatic rings. The van der Waals surface area contributed by atoms with Crippen molar-refractivity contribution in [3.8, 4) is 11.8 Å². The number of pyridine rings is 1. The Kier molecular flexibility index (Phi) is 3.17. The van der Waals surface area contributed by atoms with E-state index in [-0.39, 0.29) is 16.4 Å². The fourth-order valence-electron chi connectivity index (χ4n) is 1.71. The topological polar surface area (TPSA) is 45.8 Å². The molecule has 0 N–H and O–H groups in total. The Labute approximate surface area is 108 Å². The standard InChI is InChI=1S/C13H8ClFN2O/c1-8-6-12(14)11(7-16)13(18)17(8)10-4-2-9(15)3-5-10/h2-6H,1H3. The lowest BCUT2D eigenvalue weighted by molar-refractivity contribution is 0.627. The van der Waals surface area contributed by atoms with Gasteiger partial charge in [0.1, 0.15) is 17.4 Å². The van der Waals surface area contributed by atoms with Crippen LogP contribution in [0.25, 0.3) is 5.69 Å². The maximum absolute atomic E-state index is 12.9. The zero-order valence-electron chi connectivity index (χ0n) is 9.45. The van der Waals surface area contributed by atoms with Gasteiger partial charge in [0.25, 0.3) is 5.56 Å². The van der Waals surface area contributed by atoms with Crippen LogP contribution in [0, 0.1) is 24.1 Å². The van der Waals surface area contributed by atoms with Gasteiger partial charge in [-0.3, -0.25) is 9.36 Å². The van der Waals surface area contributed by atoms with Gasteiger partial charge in [0.2, 0.25) is 0 Å². The van der Waals surface area contributed by atoms with Crippen LogP contribution in [0.5, 0.6) is 0 Å². The summed E-state index contributed by atoms with van der Waals surface area (Å²) in [5.41, 5.74) is 0.448. The first-order chi connectivity index (χ1) is 8.54. The Morgan fingerprint density at radius 2 is 1.94 bits per heavy atom. The van der Waals surface area contributed by atoms with E-state index in [2.05, 4.69) is 0 Å². The van der Waals surface area contributed by atoms with Crippen LogP contribution in [0.15, 0.2) is 35.1 Å². The molecule has 1 aromatic heterocycles. The molecule has 0 atom stereocenters. The van der Waals surface area contributed by atoms with Gasteiger partial charge in [-0.2, -0.15) is 5.26 Å². The highest BCUT2D eigenvalue weighted by Gasteiger charge is 2.12. The number of benzene rings is 1. The van der Waals surface area contributed by atoms with E-state index in [1.54, 1.807) is 13.0 Å². The molecule has 0 spiro atoms. The lowest BCUT2D eigenvalue weighted by Crippen LogP contribution is -2.23. The molecule has 5 heteroatoms. The number of hydrogen-bond acceptors (Lipinski definition) is 2. The summed E-state index contributed by atoms with van der Waals surface area (Å²) in [6.07, 6.45) is 0. The van der Waals surface area contributed by atoms with Crippen LogP contribution in [-0.4, -0.2) is 4.57 Å². The Morgan fingerprint density at radius 3 is 2.50 bits per heavy atom. The second kappa shape index (κ2) is 4.63. The van der Waals surface area contributed by atoms with Crippen molar-refractivity contribution in [1.82, 2.24) is 4.57 Å². The summed E-state index contributed by atoms with van der Waals surface area (Å²) in [5, 5.41) is 9.02. The SMILES string of the molecule is Cc1cc(Cl)c(C#N)c(=O)n1-c1ccc(F)cc1. The number of nitrogens with zero attached hydrogens (tertiary/aromatic N) is 2. The average Bonchev–Trinajstić information content (AvgIpc) is 2.31. The van der Waals surface area contributed by atoms with E-state index < -0.39 is 5.56 Å². The van der Waals surface area contributed by atoms with Crippen LogP contribution in [0.2, 0.25) is 5.02 Å². The molecule has 90 valence electrons. The van der Waals surface area contributed by atoms with Crippen LogP contribution < -0.4 is 5.56 Å². The van der Waals surface area contributed by atoms with Crippen LogP contribution in [0.4, 0.5) is 4.39 Å². The van der Waals surface area contributed by atoms with Crippen molar-refractivity contribution in [2.45, 2.75) is 6.92 Å². The molecule has 0 aliphatic carbocycles. The van der Waals surface area contributed by atoms with E-state index in [0.717, 1.165) is 0 Å². The van der Waals surface area contributed by atoms with Crippen LogP contribution in [0.3, 0.4) is 0 Å². The average molecular weight is 263 g/mol. The summed E-state index contributed by atoms with van der Waals surface area (Å²) in [5.74, 6) is -0.390. The van der Waals surface area contributed by atoms with Crippen LogP contribution in [0.1, 0.15) is 11.3 Å². The first kappa shape index (κ1) is 12.3. The molecule has 0 saturated heterocycles. The number of nitriles is 1. The molecule has 0 fully saturated rings. The minimum atomic E-state index is -0.505. The van der Waals surface area contributed by atoms with Gasteiger partial charge in [-0.15, -0.1) is 0 Å². The molecule has 0 saturated carbocycles. The van der Waals surface area contributed by atoms with Gasteiger partial charge >= 0.3 is 0 Å². The number of aromatic nitrogens is 1. The quantitative estimate of drug-likeness (QED) is 0.793. The molecule has 0 unspecified atom stereocenters. The van der Waals surface area contributed by atoms with Gasteiger partial charge in [0.15, 0.2) is 0 Å². The summed E-state index contributed by atoms with van der Waals surface area (Å²) in [4.78, 5) is 12.1. The molecule has 0 radical (unpaired) electrons. The van der Waals surface area contributed by atoms with Crippen molar-refractivity contribution in [2.75, 3.05) is 0 Å². The van der Waals surface area contributed by atoms with Gasteiger partial charge < -0.3 is 0 Å². The first-order valence-electron chi connectivity index (χ1n) is 5.13. The zero-order valence-corrected chi connectivity index (χ0v) is 10.2. The fraction of sp³-hybridized carbons (Fsp3) is 0.0769. The van der Waals surface area contributed by atoms with Gasteiger partial charge in [-0.05, 0) is 37.3 Å². The first-order valence-corrected chi connectivity index (χ1v) is 5.50. The fourth-order valence-corrected chi connectivity index (χ4v) is 1.99. The third-order valence-electron chi connectivity index (χ3n) is 2.54. The highest BCUT2D eigenvalue weighted by Crippen LogP contribution is 2.16. The minimum Gasteiger partial charge on any atom is -0.280 e. The predicted octanol–water partition coefficient (Wildman–Crippen LogP) is 2.81. The summed E-state index contributed by atoms with van der Waals surface area (Å²) in [6, 6.07) is 8.75. The van der Waals surface area contributed by atoms with E-state index in [1.807, 2.05) is 0 Å². The van der Waals surface area contributed by atoms with Crippen LogP contribution in [-0.2, 0) is 0 Å². The van der Waals surface area contributed by atoms with E-state index in [0.29, 0.717) is 11.4 Å². The smallest absolute Gasteiger partial charge is 0.274 e. The Hall–Kier alpha value is -2.12. The van der Waals surface area contributed by atoms with Crippen molar-refractivity contribution >= 4 is 11.6 Å². The molecular formula is C13H8ClFN2O.